The molecule has 0 spiro atoms. The van der Waals surface area contributed by atoms with Gasteiger partial charge in [-0.2, -0.15) is 0 Å². The van der Waals surface area contributed by atoms with Crippen LogP contribution in [0.5, 0.6) is 0 Å². The number of carbonyl (C=O) groups is 1. The highest BCUT2D eigenvalue weighted by atomic mass is 16.2. The van der Waals surface area contributed by atoms with Crippen LogP contribution in [-0.4, -0.2) is 18.0 Å². The van der Waals surface area contributed by atoms with Crippen LogP contribution in [0.2, 0.25) is 0 Å². The van der Waals surface area contributed by atoms with Crippen LogP contribution >= 0.6 is 0 Å². The molecule has 1 unspecified atom stereocenters. The highest BCUT2D eigenvalue weighted by Gasteiger charge is 2.27. The lowest BCUT2D eigenvalue weighted by atomic mass is 10.1. The molecule has 1 aliphatic carbocycles. The van der Waals surface area contributed by atoms with Crippen LogP contribution in [0.1, 0.15) is 30.9 Å². The highest BCUT2D eigenvalue weighted by molar-refractivity contribution is 6.02. The van der Waals surface area contributed by atoms with E-state index in [4.69, 9.17) is 5.73 Å². The highest BCUT2D eigenvalue weighted by Crippen LogP contribution is 2.33. The fraction of sp³-hybridized carbons (Fsp3) is 0.467. The molecule has 0 radical (unpaired) electrons. The summed E-state index contributed by atoms with van der Waals surface area (Å²) < 4.78 is 0. The number of guanidine groups is 1. The first-order chi connectivity index (χ1) is 9.45. The van der Waals surface area contributed by atoms with Gasteiger partial charge in [0.25, 0.3) is 0 Å². The Bertz CT molecular complexity index is 535. The number of hydrogen-bond donors (Lipinski definition) is 3. The molecule has 0 aliphatic heterocycles. The van der Waals surface area contributed by atoms with Gasteiger partial charge in [-0.25, -0.2) is 9.79 Å². The number of aryl methyl sites for hydroxylation is 2. The molecule has 0 saturated heterocycles. The molecule has 1 aromatic carbocycles. The Morgan fingerprint density at radius 1 is 1.40 bits per heavy atom. The Morgan fingerprint density at radius 3 is 2.70 bits per heavy atom. The summed E-state index contributed by atoms with van der Waals surface area (Å²) in [5.74, 6) is 0.796. The first-order valence-corrected chi connectivity index (χ1v) is 6.94. The fourth-order valence-corrected chi connectivity index (χ4v) is 2.16. The predicted octanol–water partition coefficient (Wildman–Crippen LogP) is 2.54. The van der Waals surface area contributed by atoms with Crippen LogP contribution in [-0.2, 0) is 0 Å². The van der Waals surface area contributed by atoms with Crippen LogP contribution < -0.4 is 16.4 Å². The number of aliphatic imine (C=N–C) groups is 1. The van der Waals surface area contributed by atoms with Crippen molar-refractivity contribution in [3.05, 3.63) is 29.3 Å². The van der Waals surface area contributed by atoms with E-state index in [1.54, 1.807) is 0 Å². The summed E-state index contributed by atoms with van der Waals surface area (Å²) in [5, 5.41) is 5.34. The van der Waals surface area contributed by atoms with Gasteiger partial charge in [-0.3, -0.25) is 5.32 Å². The second-order valence-electron chi connectivity index (χ2n) is 5.49. The van der Waals surface area contributed by atoms with Crippen LogP contribution in [0.3, 0.4) is 0 Å². The molecule has 0 bridgehead atoms. The number of benzene rings is 1. The standard InChI is InChI=1S/C15H22N4O/c1-9-4-7-13(10(2)8-9)18-15(20)19-14(16)17-11(3)12-5-6-12/h4,7-8,11-12H,5-6H2,1-3H3,(H4,16,17,18,19,20). The third kappa shape index (κ3) is 3.98. The maximum Gasteiger partial charge on any atom is 0.325 e. The van der Waals surface area contributed by atoms with Crippen molar-refractivity contribution in [1.82, 2.24) is 5.32 Å². The summed E-state index contributed by atoms with van der Waals surface area (Å²) in [6, 6.07) is 5.67. The molecular formula is C15H22N4O. The molecule has 1 aromatic rings. The third-order valence-electron chi connectivity index (χ3n) is 3.52. The summed E-state index contributed by atoms with van der Waals surface area (Å²) in [5.41, 5.74) is 8.68. The Kier molecular flexibility index (Phi) is 4.27. The minimum atomic E-state index is -0.360. The lowest BCUT2D eigenvalue weighted by molar-refractivity contribution is 0.256. The van der Waals surface area contributed by atoms with Crippen LogP contribution in [0, 0.1) is 19.8 Å². The number of anilines is 1. The van der Waals surface area contributed by atoms with E-state index in [-0.39, 0.29) is 18.0 Å². The van der Waals surface area contributed by atoms with Gasteiger partial charge in [0.2, 0.25) is 0 Å². The minimum Gasteiger partial charge on any atom is -0.370 e. The van der Waals surface area contributed by atoms with Gasteiger partial charge in [0.1, 0.15) is 0 Å². The van der Waals surface area contributed by atoms with Gasteiger partial charge in [0, 0.05) is 5.69 Å². The lowest BCUT2D eigenvalue weighted by Crippen LogP contribution is -2.40. The van der Waals surface area contributed by atoms with Crippen molar-refractivity contribution in [3.8, 4) is 0 Å². The molecular weight excluding hydrogens is 252 g/mol. The molecule has 1 fully saturated rings. The zero-order valence-corrected chi connectivity index (χ0v) is 12.2. The van der Waals surface area contributed by atoms with E-state index in [1.165, 1.54) is 12.8 Å². The van der Waals surface area contributed by atoms with Crippen molar-refractivity contribution in [1.29, 1.82) is 0 Å². The molecule has 5 nitrogen and oxygen atoms in total. The number of carbonyl (C=O) groups excluding carboxylic acids is 1. The van der Waals surface area contributed by atoms with Gasteiger partial charge < -0.3 is 11.1 Å². The molecule has 2 rings (SSSR count). The van der Waals surface area contributed by atoms with Crippen molar-refractivity contribution >= 4 is 17.7 Å². The molecule has 2 amide bonds. The topological polar surface area (TPSA) is 79.5 Å². The van der Waals surface area contributed by atoms with E-state index in [9.17, 15) is 4.79 Å². The predicted molar refractivity (Wildman–Crippen MR) is 81.9 cm³/mol. The van der Waals surface area contributed by atoms with Crippen molar-refractivity contribution < 1.29 is 4.79 Å². The van der Waals surface area contributed by atoms with E-state index in [2.05, 4.69) is 15.6 Å². The first-order valence-electron chi connectivity index (χ1n) is 6.94. The van der Waals surface area contributed by atoms with E-state index in [0.29, 0.717) is 5.92 Å². The van der Waals surface area contributed by atoms with E-state index >= 15 is 0 Å². The third-order valence-corrected chi connectivity index (χ3v) is 3.52. The van der Waals surface area contributed by atoms with Crippen molar-refractivity contribution in [3.63, 3.8) is 0 Å². The largest absolute Gasteiger partial charge is 0.370 e. The van der Waals surface area contributed by atoms with E-state index in [1.807, 2.05) is 39.0 Å². The van der Waals surface area contributed by atoms with Gasteiger partial charge in [-0.05, 0) is 51.2 Å². The summed E-state index contributed by atoms with van der Waals surface area (Å²) in [7, 11) is 0. The minimum absolute atomic E-state index is 0.173. The Balaban J connectivity index is 1.91. The molecule has 1 aliphatic rings. The summed E-state index contributed by atoms with van der Waals surface area (Å²) >= 11 is 0. The van der Waals surface area contributed by atoms with E-state index in [0.717, 1.165) is 16.8 Å². The number of hydrogen-bond acceptors (Lipinski definition) is 2. The van der Waals surface area contributed by atoms with E-state index < -0.39 is 0 Å². The zero-order chi connectivity index (χ0) is 14.7. The number of urea groups is 1. The second-order valence-corrected chi connectivity index (χ2v) is 5.49. The normalized spacial score (nSPS) is 16.6. The molecule has 0 heterocycles. The average Bonchev–Trinajstić information content (AvgIpc) is 3.16. The summed E-state index contributed by atoms with van der Waals surface area (Å²) in [6.45, 7) is 5.99. The Labute approximate surface area is 119 Å². The maximum absolute atomic E-state index is 11.8. The summed E-state index contributed by atoms with van der Waals surface area (Å²) in [6.07, 6.45) is 2.40. The number of nitrogens with zero attached hydrogens (tertiary/aromatic N) is 1. The Hall–Kier alpha value is -2.04. The van der Waals surface area contributed by atoms with Crippen molar-refractivity contribution in [2.24, 2.45) is 16.6 Å². The van der Waals surface area contributed by atoms with Crippen LogP contribution in [0.15, 0.2) is 23.2 Å². The molecule has 1 saturated carbocycles. The van der Waals surface area contributed by atoms with Gasteiger partial charge in [0.15, 0.2) is 5.96 Å². The van der Waals surface area contributed by atoms with Crippen molar-refractivity contribution in [2.75, 3.05) is 5.32 Å². The lowest BCUT2D eigenvalue weighted by Gasteiger charge is -2.11. The average molecular weight is 274 g/mol. The van der Waals surface area contributed by atoms with Crippen LogP contribution in [0.25, 0.3) is 0 Å². The molecule has 0 aromatic heterocycles. The number of rotatable bonds is 3. The van der Waals surface area contributed by atoms with Crippen LogP contribution in [0.4, 0.5) is 10.5 Å². The summed E-state index contributed by atoms with van der Waals surface area (Å²) in [4.78, 5) is 16.1. The van der Waals surface area contributed by atoms with Gasteiger partial charge in [-0.15, -0.1) is 0 Å². The zero-order valence-electron chi connectivity index (χ0n) is 12.2. The SMILES string of the molecule is Cc1ccc(NC(=O)NC(N)=NC(C)C2CC2)c(C)c1. The first kappa shape index (κ1) is 14.4. The van der Waals surface area contributed by atoms with Gasteiger partial charge in [0.05, 0.1) is 6.04 Å². The van der Waals surface area contributed by atoms with Crippen molar-refractivity contribution in [2.45, 2.75) is 39.7 Å². The quantitative estimate of drug-likeness (QED) is 0.585. The molecule has 1 atom stereocenters. The Morgan fingerprint density at radius 2 is 2.10 bits per heavy atom. The second kappa shape index (κ2) is 5.94. The monoisotopic (exact) mass is 274 g/mol. The molecule has 4 N–H and O–H groups in total. The maximum atomic E-state index is 11.8. The fourth-order valence-electron chi connectivity index (χ4n) is 2.16. The van der Waals surface area contributed by atoms with Gasteiger partial charge in [-0.1, -0.05) is 17.7 Å². The number of nitrogens with two attached hydrogens (primary N) is 1. The number of amides is 2. The molecule has 108 valence electrons. The van der Waals surface area contributed by atoms with Gasteiger partial charge >= 0.3 is 6.03 Å². The molecule has 5 heteroatoms. The number of nitrogens with one attached hydrogen (secondary N) is 2. The smallest absolute Gasteiger partial charge is 0.325 e. The molecule has 20 heavy (non-hydrogen) atoms.